The number of carbonyl (C=O) groups excluding carboxylic acids is 1. The van der Waals surface area contributed by atoms with Gasteiger partial charge in [-0.3, -0.25) is 4.79 Å². The van der Waals surface area contributed by atoms with E-state index in [1.165, 1.54) is 0 Å². The molecule has 6 heteroatoms. The summed E-state index contributed by atoms with van der Waals surface area (Å²) < 4.78 is 17.0. The fraction of sp³-hybridized carbons (Fsp3) is 0.714. The summed E-state index contributed by atoms with van der Waals surface area (Å²) in [6.07, 6.45) is -2.69. The van der Waals surface area contributed by atoms with Gasteiger partial charge in [-0.2, -0.15) is 0 Å². The van der Waals surface area contributed by atoms with Crippen molar-refractivity contribution >= 4 is 11.9 Å². The summed E-state index contributed by atoms with van der Waals surface area (Å²) in [6, 6.07) is -1.22. The summed E-state index contributed by atoms with van der Waals surface area (Å²) >= 11 is 0. The molecule has 0 aliphatic carbocycles. The molecule has 0 aromatic heterocycles. The third-order valence-electron chi connectivity index (χ3n) is 1.32. The normalized spacial score (nSPS) is 14.7. The SMILES string of the molecule is CCOC(=O)[C@@H](N)C[C@@H](F)C(=O)O. The number of aliphatic carboxylic acids is 1. The van der Waals surface area contributed by atoms with Gasteiger partial charge in [0, 0.05) is 6.42 Å². The maximum Gasteiger partial charge on any atom is 0.338 e. The molecule has 0 fully saturated rings. The number of esters is 1. The summed E-state index contributed by atoms with van der Waals surface area (Å²) in [4.78, 5) is 20.8. The van der Waals surface area contributed by atoms with Crippen LogP contribution in [-0.4, -0.2) is 35.9 Å². The van der Waals surface area contributed by atoms with Crippen LogP contribution in [0.3, 0.4) is 0 Å². The minimum absolute atomic E-state index is 0.135. The van der Waals surface area contributed by atoms with Crippen molar-refractivity contribution in [3.8, 4) is 0 Å². The zero-order valence-electron chi connectivity index (χ0n) is 7.20. The van der Waals surface area contributed by atoms with Gasteiger partial charge in [0.1, 0.15) is 6.04 Å². The molecular formula is C7H12FNO4. The van der Waals surface area contributed by atoms with Crippen LogP contribution in [0.2, 0.25) is 0 Å². The lowest BCUT2D eigenvalue weighted by molar-refractivity contribution is -0.147. The molecule has 0 saturated carbocycles. The Labute approximate surface area is 74.7 Å². The Morgan fingerprint density at radius 3 is 2.54 bits per heavy atom. The first kappa shape index (κ1) is 11.8. The molecule has 0 aromatic carbocycles. The van der Waals surface area contributed by atoms with Crippen LogP contribution >= 0.6 is 0 Å². The van der Waals surface area contributed by atoms with Crippen LogP contribution in [-0.2, 0) is 14.3 Å². The summed E-state index contributed by atoms with van der Waals surface area (Å²) in [5, 5.41) is 8.16. The molecule has 2 atom stereocenters. The average molecular weight is 193 g/mol. The average Bonchev–Trinajstić information content (AvgIpc) is 2.04. The largest absolute Gasteiger partial charge is 0.479 e. The number of halogens is 1. The van der Waals surface area contributed by atoms with Gasteiger partial charge in [-0.15, -0.1) is 0 Å². The zero-order valence-corrected chi connectivity index (χ0v) is 7.20. The third-order valence-corrected chi connectivity index (χ3v) is 1.32. The fourth-order valence-corrected chi connectivity index (χ4v) is 0.669. The molecule has 0 radical (unpaired) electrons. The third kappa shape index (κ3) is 4.41. The first-order valence-corrected chi connectivity index (χ1v) is 3.78. The highest BCUT2D eigenvalue weighted by Crippen LogP contribution is 2.02. The van der Waals surface area contributed by atoms with Crippen LogP contribution in [0, 0.1) is 0 Å². The summed E-state index contributed by atoms with van der Waals surface area (Å²) in [5.41, 5.74) is 5.16. The van der Waals surface area contributed by atoms with Gasteiger partial charge in [-0.05, 0) is 6.92 Å². The molecule has 3 N–H and O–H groups in total. The summed E-state index contributed by atoms with van der Waals surface area (Å²) in [6.45, 7) is 1.71. The highest BCUT2D eigenvalue weighted by molar-refractivity contribution is 5.78. The summed E-state index contributed by atoms with van der Waals surface area (Å²) in [7, 11) is 0. The second-order valence-electron chi connectivity index (χ2n) is 2.40. The molecule has 13 heavy (non-hydrogen) atoms. The lowest BCUT2D eigenvalue weighted by atomic mass is 10.1. The highest BCUT2D eigenvalue weighted by Gasteiger charge is 2.24. The number of carboxylic acids is 1. The molecule has 5 nitrogen and oxygen atoms in total. The van der Waals surface area contributed by atoms with E-state index in [-0.39, 0.29) is 6.61 Å². The quantitative estimate of drug-likeness (QED) is 0.584. The van der Waals surface area contributed by atoms with Crippen molar-refractivity contribution in [3.63, 3.8) is 0 Å². The molecule has 0 unspecified atom stereocenters. The van der Waals surface area contributed by atoms with Gasteiger partial charge in [0.25, 0.3) is 0 Å². The fourth-order valence-electron chi connectivity index (χ4n) is 0.669. The minimum atomic E-state index is -2.13. The summed E-state index contributed by atoms with van der Waals surface area (Å²) in [5.74, 6) is -2.41. The van der Waals surface area contributed by atoms with Crippen molar-refractivity contribution in [2.45, 2.75) is 25.6 Å². The standard InChI is InChI=1S/C7H12FNO4/c1-2-13-7(12)5(9)3-4(8)6(10)11/h4-5H,2-3,9H2,1H3,(H,10,11)/t4-,5+/m1/s1. The van der Waals surface area contributed by atoms with E-state index in [9.17, 15) is 14.0 Å². The van der Waals surface area contributed by atoms with Crippen molar-refractivity contribution in [1.29, 1.82) is 0 Å². The van der Waals surface area contributed by atoms with Crippen molar-refractivity contribution in [2.24, 2.45) is 5.73 Å². The monoisotopic (exact) mass is 193 g/mol. The number of hydrogen-bond acceptors (Lipinski definition) is 4. The minimum Gasteiger partial charge on any atom is -0.479 e. The number of rotatable bonds is 5. The van der Waals surface area contributed by atoms with Crippen molar-refractivity contribution < 1.29 is 23.8 Å². The molecule has 0 spiro atoms. The van der Waals surface area contributed by atoms with Gasteiger partial charge in [0.15, 0.2) is 6.17 Å². The van der Waals surface area contributed by atoms with Gasteiger partial charge in [-0.25, -0.2) is 9.18 Å². The van der Waals surface area contributed by atoms with Crippen LogP contribution in [0.4, 0.5) is 4.39 Å². The van der Waals surface area contributed by atoms with Crippen LogP contribution in [0.25, 0.3) is 0 Å². The van der Waals surface area contributed by atoms with Crippen LogP contribution < -0.4 is 5.73 Å². The molecule has 0 saturated heterocycles. The van der Waals surface area contributed by atoms with E-state index in [4.69, 9.17) is 10.8 Å². The van der Waals surface area contributed by atoms with E-state index in [1.807, 2.05) is 0 Å². The van der Waals surface area contributed by atoms with Crippen molar-refractivity contribution in [2.75, 3.05) is 6.61 Å². The maximum absolute atomic E-state index is 12.5. The second-order valence-corrected chi connectivity index (χ2v) is 2.40. The predicted molar refractivity (Wildman–Crippen MR) is 41.8 cm³/mol. The number of carbonyl (C=O) groups is 2. The van der Waals surface area contributed by atoms with Crippen LogP contribution in [0.1, 0.15) is 13.3 Å². The first-order valence-electron chi connectivity index (χ1n) is 3.78. The molecule has 0 aliphatic heterocycles. The van der Waals surface area contributed by atoms with Crippen molar-refractivity contribution in [1.82, 2.24) is 0 Å². The Morgan fingerprint density at radius 1 is 1.62 bits per heavy atom. The smallest absolute Gasteiger partial charge is 0.338 e. The molecule has 0 rings (SSSR count). The number of carboxylic acid groups (broad SMARTS) is 1. The lowest BCUT2D eigenvalue weighted by Gasteiger charge is -2.10. The van der Waals surface area contributed by atoms with E-state index in [2.05, 4.69) is 4.74 Å². The molecular weight excluding hydrogens is 181 g/mol. The predicted octanol–water partition coefficient (Wildman–Crippen LogP) is -0.310. The number of nitrogens with two attached hydrogens (primary N) is 1. The zero-order chi connectivity index (χ0) is 10.4. The van der Waals surface area contributed by atoms with E-state index >= 15 is 0 Å². The van der Waals surface area contributed by atoms with E-state index in [1.54, 1.807) is 6.92 Å². The Hall–Kier alpha value is -1.17. The van der Waals surface area contributed by atoms with Gasteiger partial charge < -0.3 is 15.6 Å². The number of ether oxygens (including phenoxy) is 1. The highest BCUT2D eigenvalue weighted by atomic mass is 19.1. The van der Waals surface area contributed by atoms with E-state index < -0.39 is 30.6 Å². The lowest BCUT2D eigenvalue weighted by Crippen LogP contribution is -2.36. The molecule has 0 heterocycles. The Morgan fingerprint density at radius 2 is 2.15 bits per heavy atom. The number of hydrogen-bond donors (Lipinski definition) is 2. The molecule has 0 bridgehead atoms. The van der Waals surface area contributed by atoms with E-state index in [0.29, 0.717) is 0 Å². The Bertz CT molecular complexity index is 197. The Kier molecular flexibility index (Phi) is 4.98. The van der Waals surface area contributed by atoms with E-state index in [0.717, 1.165) is 0 Å². The second kappa shape index (κ2) is 5.47. The first-order chi connectivity index (χ1) is 5.99. The van der Waals surface area contributed by atoms with Gasteiger partial charge in [0.2, 0.25) is 0 Å². The van der Waals surface area contributed by atoms with Crippen molar-refractivity contribution in [3.05, 3.63) is 0 Å². The number of alkyl halides is 1. The molecule has 76 valence electrons. The van der Waals surface area contributed by atoms with Gasteiger partial charge >= 0.3 is 11.9 Å². The molecule has 0 amide bonds. The van der Waals surface area contributed by atoms with Crippen LogP contribution in [0.5, 0.6) is 0 Å². The molecule has 0 aliphatic rings. The van der Waals surface area contributed by atoms with Gasteiger partial charge in [-0.1, -0.05) is 0 Å². The Balaban J connectivity index is 3.92. The van der Waals surface area contributed by atoms with Crippen LogP contribution in [0.15, 0.2) is 0 Å². The van der Waals surface area contributed by atoms with Gasteiger partial charge in [0.05, 0.1) is 6.61 Å². The topological polar surface area (TPSA) is 89.6 Å². The molecule has 0 aromatic rings. The maximum atomic E-state index is 12.5.